The Morgan fingerprint density at radius 1 is 1.47 bits per heavy atom. The fraction of sp³-hybridized carbons (Fsp3) is 0.429. The molecule has 0 bridgehead atoms. The van der Waals surface area contributed by atoms with Gasteiger partial charge in [-0.05, 0) is 25.1 Å². The first-order chi connectivity index (χ1) is 8.95. The van der Waals surface area contributed by atoms with Gasteiger partial charge in [0, 0.05) is 26.2 Å². The van der Waals surface area contributed by atoms with Crippen LogP contribution in [-0.4, -0.2) is 34.5 Å². The molecule has 1 unspecified atom stereocenters. The SMILES string of the molecule is CCc1nc2cc(N)ccc2n1C(C)C(=O)N(C)C. The largest absolute Gasteiger partial charge is 0.399 e. The van der Waals surface area contributed by atoms with Crippen LogP contribution in [0.1, 0.15) is 25.7 Å². The Morgan fingerprint density at radius 3 is 2.74 bits per heavy atom. The molecule has 5 nitrogen and oxygen atoms in total. The molecule has 0 aliphatic rings. The highest BCUT2D eigenvalue weighted by atomic mass is 16.2. The van der Waals surface area contributed by atoms with E-state index in [1.165, 1.54) is 0 Å². The van der Waals surface area contributed by atoms with E-state index in [4.69, 9.17) is 5.73 Å². The number of amides is 1. The summed E-state index contributed by atoms with van der Waals surface area (Å²) >= 11 is 0. The standard InChI is InChI=1S/C14H20N4O/c1-5-13-16-11-8-10(15)6-7-12(11)18(13)9(2)14(19)17(3)4/h6-9H,5,15H2,1-4H3. The molecule has 0 saturated carbocycles. The number of carbonyl (C=O) groups is 1. The Hall–Kier alpha value is -2.04. The maximum atomic E-state index is 12.2. The van der Waals surface area contributed by atoms with E-state index < -0.39 is 0 Å². The van der Waals surface area contributed by atoms with Gasteiger partial charge in [-0.2, -0.15) is 0 Å². The summed E-state index contributed by atoms with van der Waals surface area (Å²) in [6, 6.07) is 5.35. The molecule has 0 aliphatic carbocycles. The zero-order valence-electron chi connectivity index (χ0n) is 11.8. The predicted octanol–water partition coefficient (Wildman–Crippen LogP) is 1.83. The first-order valence-corrected chi connectivity index (χ1v) is 6.43. The van der Waals surface area contributed by atoms with E-state index in [1.807, 2.05) is 36.6 Å². The quantitative estimate of drug-likeness (QED) is 0.856. The monoisotopic (exact) mass is 260 g/mol. The van der Waals surface area contributed by atoms with Gasteiger partial charge >= 0.3 is 0 Å². The van der Waals surface area contributed by atoms with Crippen molar-refractivity contribution >= 4 is 22.6 Å². The van der Waals surface area contributed by atoms with E-state index in [2.05, 4.69) is 4.98 Å². The van der Waals surface area contributed by atoms with Crippen molar-refractivity contribution in [2.24, 2.45) is 0 Å². The third kappa shape index (κ3) is 2.28. The number of nitrogens with zero attached hydrogens (tertiary/aromatic N) is 3. The molecule has 102 valence electrons. The summed E-state index contributed by atoms with van der Waals surface area (Å²) in [7, 11) is 3.53. The third-order valence-electron chi connectivity index (χ3n) is 3.29. The molecule has 1 atom stereocenters. The summed E-state index contributed by atoms with van der Waals surface area (Å²) < 4.78 is 2.00. The number of fused-ring (bicyclic) bond motifs is 1. The average molecular weight is 260 g/mol. The number of anilines is 1. The van der Waals surface area contributed by atoms with Crippen LogP contribution in [0.5, 0.6) is 0 Å². The van der Waals surface area contributed by atoms with Crippen LogP contribution in [0.25, 0.3) is 11.0 Å². The Morgan fingerprint density at radius 2 is 2.16 bits per heavy atom. The van der Waals surface area contributed by atoms with Crippen molar-refractivity contribution in [1.29, 1.82) is 0 Å². The molecule has 1 aromatic heterocycles. The predicted molar refractivity (Wildman–Crippen MR) is 76.9 cm³/mol. The molecule has 0 spiro atoms. The Balaban J connectivity index is 2.60. The third-order valence-corrected chi connectivity index (χ3v) is 3.29. The first-order valence-electron chi connectivity index (χ1n) is 6.43. The normalized spacial score (nSPS) is 12.6. The number of hydrogen-bond donors (Lipinski definition) is 1. The number of aryl methyl sites for hydroxylation is 1. The minimum absolute atomic E-state index is 0.0609. The molecular formula is C14H20N4O. The molecule has 5 heteroatoms. The molecule has 2 aromatic rings. The second-order valence-corrected chi connectivity index (χ2v) is 4.91. The van der Waals surface area contributed by atoms with Crippen molar-refractivity contribution < 1.29 is 4.79 Å². The number of imidazole rings is 1. The van der Waals surface area contributed by atoms with E-state index in [1.54, 1.807) is 19.0 Å². The molecular weight excluding hydrogens is 240 g/mol. The summed E-state index contributed by atoms with van der Waals surface area (Å²) in [5.74, 6) is 0.967. The minimum atomic E-state index is -0.265. The van der Waals surface area contributed by atoms with Gasteiger partial charge in [-0.1, -0.05) is 6.92 Å². The summed E-state index contributed by atoms with van der Waals surface area (Å²) in [5.41, 5.74) is 8.27. The number of aromatic nitrogens is 2. The number of hydrogen-bond acceptors (Lipinski definition) is 3. The first kappa shape index (κ1) is 13.4. The van der Waals surface area contributed by atoms with Crippen LogP contribution in [0.15, 0.2) is 18.2 Å². The molecule has 1 amide bonds. The zero-order chi connectivity index (χ0) is 14.2. The maximum absolute atomic E-state index is 12.2. The van der Waals surface area contributed by atoms with Crippen molar-refractivity contribution in [3.63, 3.8) is 0 Å². The molecule has 2 N–H and O–H groups in total. The highest BCUT2D eigenvalue weighted by Gasteiger charge is 2.21. The fourth-order valence-electron chi connectivity index (χ4n) is 2.33. The van der Waals surface area contributed by atoms with E-state index in [-0.39, 0.29) is 11.9 Å². The highest BCUT2D eigenvalue weighted by Crippen LogP contribution is 2.24. The lowest BCUT2D eigenvalue weighted by molar-refractivity contribution is -0.131. The molecule has 0 aliphatic heterocycles. The lowest BCUT2D eigenvalue weighted by Crippen LogP contribution is -2.30. The smallest absolute Gasteiger partial charge is 0.244 e. The lowest BCUT2D eigenvalue weighted by atomic mass is 10.2. The number of carbonyl (C=O) groups excluding carboxylic acids is 1. The number of likely N-dealkylation sites (N-methyl/N-ethyl adjacent to an activating group) is 1. The van der Waals surface area contributed by atoms with Crippen LogP contribution in [-0.2, 0) is 11.2 Å². The summed E-state index contributed by atoms with van der Waals surface area (Å²) in [6.07, 6.45) is 0.777. The van der Waals surface area contributed by atoms with E-state index in [0.717, 1.165) is 23.3 Å². The molecule has 1 aromatic carbocycles. The number of nitrogens with two attached hydrogens (primary N) is 1. The van der Waals surface area contributed by atoms with Crippen molar-refractivity contribution in [1.82, 2.24) is 14.5 Å². The number of rotatable bonds is 3. The van der Waals surface area contributed by atoms with Crippen molar-refractivity contribution in [3.05, 3.63) is 24.0 Å². The Kier molecular flexibility index (Phi) is 3.46. The van der Waals surface area contributed by atoms with Gasteiger partial charge in [0.25, 0.3) is 0 Å². The van der Waals surface area contributed by atoms with Crippen LogP contribution >= 0.6 is 0 Å². The van der Waals surface area contributed by atoms with Crippen LogP contribution in [0.3, 0.4) is 0 Å². The minimum Gasteiger partial charge on any atom is -0.399 e. The van der Waals surface area contributed by atoms with Crippen LogP contribution in [0, 0.1) is 0 Å². The van der Waals surface area contributed by atoms with Crippen LogP contribution < -0.4 is 5.73 Å². The fourth-order valence-corrected chi connectivity index (χ4v) is 2.33. The van der Waals surface area contributed by atoms with Crippen LogP contribution in [0.2, 0.25) is 0 Å². The Labute approximate surface area is 113 Å². The molecule has 1 heterocycles. The van der Waals surface area contributed by atoms with E-state index >= 15 is 0 Å². The van der Waals surface area contributed by atoms with E-state index in [0.29, 0.717) is 5.69 Å². The van der Waals surface area contributed by atoms with Gasteiger partial charge in [-0.25, -0.2) is 4.98 Å². The number of nitrogen functional groups attached to an aromatic ring is 1. The molecule has 0 saturated heterocycles. The van der Waals surface area contributed by atoms with Gasteiger partial charge in [0.1, 0.15) is 11.9 Å². The summed E-state index contributed by atoms with van der Waals surface area (Å²) in [6.45, 7) is 3.94. The molecule has 0 radical (unpaired) electrons. The topological polar surface area (TPSA) is 64.1 Å². The Bertz CT molecular complexity index is 615. The van der Waals surface area contributed by atoms with Gasteiger partial charge in [-0.3, -0.25) is 4.79 Å². The van der Waals surface area contributed by atoms with Gasteiger partial charge in [0.05, 0.1) is 11.0 Å². The lowest BCUT2D eigenvalue weighted by Gasteiger charge is -2.20. The van der Waals surface area contributed by atoms with Crippen molar-refractivity contribution in [2.45, 2.75) is 26.3 Å². The van der Waals surface area contributed by atoms with Crippen LogP contribution in [0.4, 0.5) is 5.69 Å². The summed E-state index contributed by atoms with van der Waals surface area (Å²) in [4.78, 5) is 18.3. The van der Waals surface area contributed by atoms with Crippen molar-refractivity contribution in [3.8, 4) is 0 Å². The van der Waals surface area contributed by atoms with Gasteiger partial charge < -0.3 is 15.2 Å². The van der Waals surface area contributed by atoms with Gasteiger partial charge in [-0.15, -0.1) is 0 Å². The molecule has 0 fully saturated rings. The molecule has 2 rings (SSSR count). The second kappa shape index (κ2) is 4.91. The maximum Gasteiger partial charge on any atom is 0.244 e. The second-order valence-electron chi connectivity index (χ2n) is 4.91. The summed E-state index contributed by atoms with van der Waals surface area (Å²) in [5, 5.41) is 0. The average Bonchev–Trinajstić information content (AvgIpc) is 2.74. The number of benzene rings is 1. The molecule has 19 heavy (non-hydrogen) atoms. The van der Waals surface area contributed by atoms with E-state index in [9.17, 15) is 4.79 Å². The van der Waals surface area contributed by atoms with Gasteiger partial charge in [0.15, 0.2) is 0 Å². The van der Waals surface area contributed by atoms with Gasteiger partial charge in [0.2, 0.25) is 5.91 Å². The van der Waals surface area contributed by atoms with Crippen molar-refractivity contribution in [2.75, 3.05) is 19.8 Å². The highest BCUT2D eigenvalue weighted by molar-refractivity contribution is 5.85. The zero-order valence-corrected chi connectivity index (χ0v) is 11.8.